The zero-order valence-electron chi connectivity index (χ0n) is 18.5. The highest BCUT2D eigenvalue weighted by molar-refractivity contribution is 5.72. The molecule has 0 amide bonds. The molecule has 5 nitrogen and oxygen atoms in total. The number of ether oxygens (including phenoxy) is 1. The van der Waals surface area contributed by atoms with E-state index >= 15 is 0 Å². The number of rotatable bonds is 10. The van der Waals surface area contributed by atoms with Crippen molar-refractivity contribution in [2.75, 3.05) is 6.61 Å². The summed E-state index contributed by atoms with van der Waals surface area (Å²) < 4.78 is 6.02. The van der Waals surface area contributed by atoms with Crippen molar-refractivity contribution in [3.63, 3.8) is 0 Å². The summed E-state index contributed by atoms with van der Waals surface area (Å²) in [6.07, 6.45) is 8.92. The van der Waals surface area contributed by atoms with E-state index in [2.05, 4.69) is 32.1 Å². The van der Waals surface area contributed by atoms with Gasteiger partial charge >= 0.3 is 5.97 Å². The Balaban J connectivity index is 2.10. The Morgan fingerprint density at radius 2 is 1.93 bits per heavy atom. The molecule has 0 bridgehead atoms. The van der Waals surface area contributed by atoms with Crippen molar-refractivity contribution in [3.8, 4) is 0 Å². The molecule has 0 heterocycles. The van der Waals surface area contributed by atoms with E-state index in [1.165, 1.54) is 5.57 Å². The number of carbonyl (C=O) groups excluding carboxylic acids is 1. The van der Waals surface area contributed by atoms with Crippen molar-refractivity contribution in [1.82, 2.24) is 0 Å². The molecule has 5 heteroatoms. The largest absolute Gasteiger partial charge is 0.461 e. The monoisotopic (exact) mass is 408 g/mol. The number of esters is 1. The standard InChI is InChI=1S/C24H40O5/c1-5-16(3)24(28)29-22-13-15(2)12-18-7-6-17(4)21(23(18)22)9-8-19(26)14-20(27)10-11-25/h6-7,12,15-17,19-23,25-27H,5,8-11,13-14H2,1-4H3. The molecule has 3 N–H and O–H groups in total. The number of aliphatic hydroxyl groups is 3. The van der Waals surface area contributed by atoms with Gasteiger partial charge in [-0.15, -0.1) is 0 Å². The van der Waals surface area contributed by atoms with Crippen LogP contribution < -0.4 is 0 Å². The van der Waals surface area contributed by atoms with Crippen molar-refractivity contribution in [2.24, 2.45) is 29.6 Å². The molecule has 0 saturated heterocycles. The Kier molecular flexibility index (Phi) is 9.38. The van der Waals surface area contributed by atoms with E-state index in [1.807, 2.05) is 13.8 Å². The molecule has 0 radical (unpaired) electrons. The van der Waals surface area contributed by atoms with Gasteiger partial charge in [-0.05, 0) is 61.9 Å². The topological polar surface area (TPSA) is 87.0 Å². The van der Waals surface area contributed by atoms with Crippen LogP contribution in [0.15, 0.2) is 23.8 Å². The minimum atomic E-state index is -0.672. The van der Waals surface area contributed by atoms with Gasteiger partial charge in [-0.25, -0.2) is 0 Å². The lowest BCUT2D eigenvalue weighted by atomic mass is 9.65. The molecule has 0 aromatic rings. The van der Waals surface area contributed by atoms with Crippen LogP contribution in [0.2, 0.25) is 0 Å². The number of allylic oxidation sites excluding steroid dienone is 3. The van der Waals surface area contributed by atoms with Crippen LogP contribution >= 0.6 is 0 Å². The van der Waals surface area contributed by atoms with E-state index in [4.69, 9.17) is 9.84 Å². The van der Waals surface area contributed by atoms with E-state index in [9.17, 15) is 15.0 Å². The Hall–Kier alpha value is -1.17. The van der Waals surface area contributed by atoms with E-state index in [0.29, 0.717) is 24.7 Å². The van der Waals surface area contributed by atoms with E-state index < -0.39 is 12.2 Å². The fourth-order valence-corrected chi connectivity index (χ4v) is 4.74. The van der Waals surface area contributed by atoms with Crippen LogP contribution in [-0.4, -0.2) is 46.2 Å². The first-order chi connectivity index (χ1) is 13.8. The molecule has 29 heavy (non-hydrogen) atoms. The summed E-state index contributed by atoms with van der Waals surface area (Å²) in [4.78, 5) is 12.5. The SMILES string of the molecule is CCC(C)C(=O)OC1CC(C)C=C2C=CC(C)C(CCC(O)CC(O)CCO)C21. The summed E-state index contributed by atoms with van der Waals surface area (Å²) in [6.45, 7) is 8.20. The van der Waals surface area contributed by atoms with E-state index in [-0.39, 0.29) is 42.9 Å². The molecule has 0 saturated carbocycles. The van der Waals surface area contributed by atoms with Crippen LogP contribution in [0.4, 0.5) is 0 Å². The molecule has 166 valence electrons. The summed E-state index contributed by atoms with van der Waals surface area (Å²) in [5.74, 6) is 0.953. The fraction of sp³-hybridized carbons (Fsp3) is 0.792. The number of hydrogen-bond acceptors (Lipinski definition) is 5. The van der Waals surface area contributed by atoms with Gasteiger partial charge in [-0.3, -0.25) is 4.79 Å². The quantitative estimate of drug-likeness (QED) is 0.481. The Morgan fingerprint density at radius 3 is 2.59 bits per heavy atom. The molecule has 0 fully saturated rings. The molecule has 0 aromatic heterocycles. The van der Waals surface area contributed by atoms with Crippen molar-refractivity contribution in [3.05, 3.63) is 23.8 Å². The van der Waals surface area contributed by atoms with Crippen LogP contribution in [0, 0.1) is 29.6 Å². The zero-order chi connectivity index (χ0) is 21.6. The van der Waals surface area contributed by atoms with Gasteiger partial charge in [0.25, 0.3) is 0 Å². The number of aliphatic hydroxyl groups excluding tert-OH is 3. The van der Waals surface area contributed by atoms with Crippen LogP contribution in [0.25, 0.3) is 0 Å². The number of hydrogen-bond donors (Lipinski definition) is 3. The molecule has 2 rings (SSSR count). The second-order valence-corrected chi connectivity index (χ2v) is 9.21. The molecular formula is C24H40O5. The Labute approximate surface area is 175 Å². The molecule has 0 aromatic carbocycles. The van der Waals surface area contributed by atoms with Crippen molar-refractivity contribution < 1.29 is 24.9 Å². The summed E-state index contributed by atoms with van der Waals surface area (Å²) in [5.41, 5.74) is 1.25. The van der Waals surface area contributed by atoms with Crippen molar-refractivity contribution in [2.45, 2.75) is 84.5 Å². The number of carbonyl (C=O) groups is 1. The van der Waals surface area contributed by atoms with E-state index in [1.54, 1.807) is 0 Å². The lowest BCUT2D eigenvalue weighted by Crippen LogP contribution is -2.41. The lowest BCUT2D eigenvalue weighted by molar-refractivity contribution is -0.158. The minimum absolute atomic E-state index is 0.0734. The third-order valence-electron chi connectivity index (χ3n) is 6.72. The van der Waals surface area contributed by atoms with Crippen molar-refractivity contribution >= 4 is 5.97 Å². The van der Waals surface area contributed by atoms with Crippen LogP contribution in [-0.2, 0) is 9.53 Å². The molecule has 0 aliphatic heterocycles. The summed E-state index contributed by atoms with van der Waals surface area (Å²) in [7, 11) is 0. The van der Waals surface area contributed by atoms with Gasteiger partial charge < -0.3 is 20.1 Å². The molecule has 8 atom stereocenters. The maximum Gasteiger partial charge on any atom is 0.308 e. The minimum Gasteiger partial charge on any atom is -0.461 e. The van der Waals surface area contributed by atoms with Crippen LogP contribution in [0.3, 0.4) is 0 Å². The Morgan fingerprint density at radius 1 is 1.24 bits per heavy atom. The first-order valence-corrected chi connectivity index (χ1v) is 11.3. The van der Waals surface area contributed by atoms with Crippen molar-refractivity contribution in [1.29, 1.82) is 0 Å². The second kappa shape index (κ2) is 11.3. The highest BCUT2D eigenvalue weighted by atomic mass is 16.5. The maximum absolute atomic E-state index is 12.5. The highest BCUT2D eigenvalue weighted by Crippen LogP contribution is 2.45. The zero-order valence-corrected chi connectivity index (χ0v) is 18.5. The van der Waals surface area contributed by atoms with Gasteiger partial charge in [0.05, 0.1) is 18.1 Å². The van der Waals surface area contributed by atoms with Gasteiger partial charge in [-0.2, -0.15) is 0 Å². The van der Waals surface area contributed by atoms with Gasteiger partial charge in [0.2, 0.25) is 0 Å². The van der Waals surface area contributed by atoms with E-state index in [0.717, 1.165) is 19.3 Å². The third kappa shape index (κ3) is 6.66. The molecule has 0 spiro atoms. The summed E-state index contributed by atoms with van der Waals surface area (Å²) >= 11 is 0. The first kappa shape index (κ1) is 24.1. The van der Waals surface area contributed by atoms with Gasteiger partial charge in [0, 0.05) is 12.5 Å². The molecule has 8 unspecified atom stereocenters. The second-order valence-electron chi connectivity index (χ2n) is 9.21. The van der Waals surface area contributed by atoms with Gasteiger partial charge in [0.15, 0.2) is 0 Å². The Bertz CT molecular complexity index is 584. The number of fused-ring (bicyclic) bond motifs is 1. The molecule has 2 aliphatic rings. The molecule has 2 aliphatic carbocycles. The smallest absolute Gasteiger partial charge is 0.308 e. The predicted molar refractivity (Wildman–Crippen MR) is 114 cm³/mol. The third-order valence-corrected chi connectivity index (χ3v) is 6.72. The van der Waals surface area contributed by atoms with Crippen LogP contribution in [0.5, 0.6) is 0 Å². The average Bonchev–Trinajstić information content (AvgIpc) is 2.66. The van der Waals surface area contributed by atoms with Crippen LogP contribution in [0.1, 0.15) is 66.2 Å². The lowest BCUT2D eigenvalue weighted by Gasteiger charge is -2.43. The van der Waals surface area contributed by atoms with Gasteiger partial charge in [0.1, 0.15) is 6.10 Å². The summed E-state index contributed by atoms with van der Waals surface area (Å²) in [5, 5.41) is 29.1. The fourth-order valence-electron chi connectivity index (χ4n) is 4.74. The predicted octanol–water partition coefficient (Wildman–Crippen LogP) is 3.62. The average molecular weight is 409 g/mol. The summed E-state index contributed by atoms with van der Waals surface area (Å²) in [6, 6.07) is 0. The van der Waals surface area contributed by atoms with Gasteiger partial charge in [-0.1, -0.05) is 45.9 Å². The highest BCUT2D eigenvalue weighted by Gasteiger charge is 2.41. The molecular weight excluding hydrogens is 368 g/mol. The normalized spacial score (nSPS) is 32.1. The maximum atomic E-state index is 12.5. The first-order valence-electron chi connectivity index (χ1n) is 11.3.